The van der Waals surface area contributed by atoms with Gasteiger partial charge in [0.1, 0.15) is 18.2 Å². The number of piperazine rings is 1. The van der Waals surface area contributed by atoms with Crippen LogP contribution in [-0.2, 0) is 9.53 Å². The summed E-state index contributed by atoms with van der Waals surface area (Å²) in [5.74, 6) is 1.14. The SMILES string of the molecule is CC(O)C(=O)N1CCN(c2cc(C3NNC4CCC(OC5(C)CC5)CC43)ncn2)CC1. The Hall–Kier alpha value is -1.81. The van der Waals surface area contributed by atoms with Gasteiger partial charge in [0.15, 0.2) is 0 Å². The second-order valence-corrected chi connectivity index (χ2v) is 9.83. The number of aliphatic hydroxyl groups is 1. The van der Waals surface area contributed by atoms with Crippen molar-refractivity contribution < 1.29 is 14.6 Å². The van der Waals surface area contributed by atoms with E-state index >= 15 is 0 Å². The van der Waals surface area contributed by atoms with E-state index in [4.69, 9.17) is 4.74 Å². The van der Waals surface area contributed by atoms with Gasteiger partial charge in [0.25, 0.3) is 5.91 Å². The predicted octanol–water partition coefficient (Wildman–Crippen LogP) is 0.761. The van der Waals surface area contributed by atoms with Gasteiger partial charge in [0, 0.05) is 44.2 Å². The van der Waals surface area contributed by atoms with Crippen molar-refractivity contribution in [2.45, 2.75) is 75.8 Å². The Bertz CT molecular complexity index is 808. The summed E-state index contributed by atoms with van der Waals surface area (Å²) in [7, 11) is 0. The molecule has 0 aromatic carbocycles. The van der Waals surface area contributed by atoms with Crippen LogP contribution < -0.4 is 15.8 Å². The molecule has 2 aliphatic heterocycles. The van der Waals surface area contributed by atoms with Gasteiger partial charge in [-0.3, -0.25) is 10.2 Å². The van der Waals surface area contributed by atoms with Gasteiger partial charge >= 0.3 is 0 Å². The van der Waals surface area contributed by atoms with Crippen LogP contribution >= 0.6 is 0 Å². The third-order valence-corrected chi connectivity index (χ3v) is 7.37. The third-order valence-electron chi connectivity index (χ3n) is 7.37. The Morgan fingerprint density at radius 3 is 2.71 bits per heavy atom. The lowest BCUT2D eigenvalue weighted by molar-refractivity contribution is -0.139. The van der Waals surface area contributed by atoms with Crippen LogP contribution in [0.3, 0.4) is 0 Å². The molecule has 0 spiro atoms. The molecule has 1 aromatic heterocycles. The molecule has 4 aliphatic rings. The molecule has 1 amide bonds. The number of amides is 1. The van der Waals surface area contributed by atoms with E-state index < -0.39 is 6.10 Å². The van der Waals surface area contributed by atoms with Crippen molar-refractivity contribution >= 4 is 11.7 Å². The molecule has 3 N–H and O–H groups in total. The molecule has 170 valence electrons. The highest BCUT2D eigenvalue weighted by Crippen LogP contribution is 2.45. The second kappa shape index (κ2) is 8.27. The maximum absolute atomic E-state index is 12.0. The molecule has 1 aromatic rings. The van der Waals surface area contributed by atoms with Gasteiger partial charge < -0.3 is 19.6 Å². The molecule has 9 nitrogen and oxygen atoms in total. The first-order chi connectivity index (χ1) is 14.9. The van der Waals surface area contributed by atoms with E-state index in [-0.39, 0.29) is 17.6 Å². The molecule has 5 rings (SSSR count). The van der Waals surface area contributed by atoms with Crippen molar-refractivity contribution in [3.8, 4) is 0 Å². The zero-order valence-electron chi connectivity index (χ0n) is 18.5. The fraction of sp³-hybridized carbons (Fsp3) is 0.773. The van der Waals surface area contributed by atoms with Gasteiger partial charge in [0.05, 0.1) is 23.4 Å². The van der Waals surface area contributed by atoms with E-state index in [0.717, 1.165) is 30.8 Å². The number of aromatic nitrogens is 2. The molecule has 4 fully saturated rings. The average Bonchev–Trinajstić information content (AvgIpc) is 3.35. The minimum Gasteiger partial charge on any atom is -0.384 e. The first kappa shape index (κ1) is 21.1. The molecule has 2 aliphatic carbocycles. The average molecular weight is 431 g/mol. The number of nitrogens with one attached hydrogen (secondary N) is 2. The maximum Gasteiger partial charge on any atom is 0.251 e. The summed E-state index contributed by atoms with van der Waals surface area (Å²) in [6, 6.07) is 2.68. The monoisotopic (exact) mass is 430 g/mol. The summed E-state index contributed by atoms with van der Waals surface area (Å²) in [6.07, 6.45) is 6.68. The van der Waals surface area contributed by atoms with Gasteiger partial charge in [-0.15, -0.1) is 0 Å². The van der Waals surface area contributed by atoms with E-state index in [0.29, 0.717) is 44.2 Å². The molecule has 9 heteroatoms. The molecule has 31 heavy (non-hydrogen) atoms. The number of hydrogen-bond donors (Lipinski definition) is 3. The minimum atomic E-state index is -0.947. The largest absolute Gasteiger partial charge is 0.384 e. The number of anilines is 1. The smallest absolute Gasteiger partial charge is 0.251 e. The molecular formula is C22H34N6O3. The molecule has 5 atom stereocenters. The number of rotatable bonds is 5. The van der Waals surface area contributed by atoms with Crippen LogP contribution in [0.5, 0.6) is 0 Å². The van der Waals surface area contributed by atoms with Crippen LogP contribution in [0.15, 0.2) is 12.4 Å². The molecular weight excluding hydrogens is 396 g/mol. The van der Waals surface area contributed by atoms with Crippen LogP contribution in [0.4, 0.5) is 5.82 Å². The van der Waals surface area contributed by atoms with Crippen LogP contribution in [0.2, 0.25) is 0 Å². The number of fused-ring (bicyclic) bond motifs is 1. The van der Waals surface area contributed by atoms with Crippen LogP contribution in [-0.4, -0.2) is 75.9 Å². The second-order valence-electron chi connectivity index (χ2n) is 9.83. The lowest BCUT2D eigenvalue weighted by Crippen LogP contribution is -2.51. The van der Waals surface area contributed by atoms with E-state index in [2.05, 4.69) is 38.7 Å². The van der Waals surface area contributed by atoms with Crippen molar-refractivity contribution in [3.63, 3.8) is 0 Å². The van der Waals surface area contributed by atoms with Gasteiger partial charge in [-0.1, -0.05) is 0 Å². The van der Waals surface area contributed by atoms with E-state index in [1.54, 1.807) is 11.2 Å². The Morgan fingerprint density at radius 2 is 2.00 bits per heavy atom. The van der Waals surface area contributed by atoms with Gasteiger partial charge in [-0.05, 0) is 46.0 Å². The number of hydrogen-bond acceptors (Lipinski definition) is 8. The van der Waals surface area contributed by atoms with Crippen LogP contribution in [0.25, 0.3) is 0 Å². The van der Waals surface area contributed by atoms with Gasteiger partial charge in [0.2, 0.25) is 0 Å². The number of nitrogens with zero attached hydrogens (tertiary/aromatic N) is 4. The third kappa shape index (κ3) is 4.41. The molecule has 0 radical (unpaired) electrons. The topological polar surface area (TPSA) is 103 Å². The van der Waals surface area contributed by atoms with E-state index in [9.17, 15) is 9.90 Å². The van der Waals surface area contributed by atoms with E-state index in [1.807, 2.05) is 0 Å². The summed E-state index contributed by atoms with van der Waals surface area (Å²) in [5, 5.41) is 9.55. The highest BCUT2D eigenvalue weighted by Gasteiger charge is 2.46. The van der Waals surface area contributed by atoms with Gasteiger partial charge in [-0.25, -0.2) is 15.4 Å². The summed E-state index contributed by atoms with van der Waals surface area (Å²) in [6.45, 7) is 6.33. The normalized spacial score (nSPS) is 33.1. The zero-order valence-corrected chi connectivity index (χ0v) is 18.5. The Labute approximate surface area is 183 Å². The van der Waals surface area contributed by atoms with Gasteiger partial charge in [-0.2, -0.15) is 0 Å². The van der Waals surface area contributed by atoms with Crippen molar-refractivity contribution in [1.82, 2.24) is 25.7 Å². The first-order valence-electron chi connectivity index (χ1n) is 11.6. The fourth-order valence-corrected chi connectivity index (χ4v) is 5.24. The summed E-state index contributed by atoms with van der Waals surface area (Å²) < 4.78 is 6.40. The van der Waals surface area contributed by atoms with Crippen LogP contribution in [0.1, 0.15) is 57.7 Å². The lowest BCUT2D eigenvalue weighted by Gasteiger charge is -2.36. The minimum absolute atomic E-state index is 0.117. The number of carbonyl (C=O) groups excluding carboxylic acids is 1. The summed E-state index contributed by atoms with van der Waals surface area (Å²) in [5.41, 5.74) is 8.09. The standard InChI is InChI=1S/C22H34N6O3/c1-14(29)21(30)28-9-7-27(8-10-28)19-12-18(23-13-24-19)20-16-11-15(31-22(2)5-6-22)3-4-17(16)25-26-20/h12-17,20,25-26,29H,3-11H2,1-2H3. The Balaban J connectivity index is 1.24. The van der Waals surface area contributed by atoms with Crippen molar-refractivity contribution in [1.29, 1.82) is 0 Å². The van der Waals surface area contributed by atoms with E-state index in [1.165, 1.54) is 19.8 Å². The fourth-order valence-electron chi connectivity index (χ4n) is 5.24. The number of carbonyl (C=O) groups is 1. The molecule has 2 saturated carbocycles. The zero-order chi connectivity index (χ0) is 21.6. The number of ether oxygens (including phenoxy) is 1. The summed E-state index contributed by atoms with van der Waals surface area (Å²) in [4.78, 5) is 25.1. The molecule has 5 unspecified atom stereocenters. The summed E-state index contributed by atoms with van der Waals surface area (Å²) >= 11 is 0. The molecule has 3 heterocycles. The van der Waals surface area contributed by atoms with Crippen LogP contribution in [0, 0.1) is 5.92 Å². The first-order valence-corrected chi connectivity index (χ1v) is 11.6. The number of aliphatic hydroxyl groups excluding tert-OH is 1. The molecule has 0 bridgehead atoms. The molecule has 2 saturated heterocycles. The highest BCUT2D eigenvalue weighted by molar-refractivity contribution is 5.80. The Kier molecular flexibility index (Phi) is 5.62. The number of hydrazine groups is 1. The lowest BCUT2D eigenvalue weighted by atomic mass is 9.79. The highest BCUT2D eigenvalue weighted by atomic mass is 16.5. The van der Waals surface area contributed by atoms with Crippen molar-refractivity contribution in [2.24, 2.45) is 5.92 Å². The van der Waals surface area contributed by atoms with Crippen molar-refractivity contribution in [3.05, 3.63) is 18.1 Å². The predicted molar refractivity (Wildman–Crippen MR) is 115 cm³/mol. The quantitative estimate of drug-likeness (QED) is 0.629. The van der Waals surface area contributed by atoms with Crippen molar-refractivity contribution in [2.75, 3.05) is 31.1 Å². The maximum atomic E-state index is 12.0. The Morgan fingerprint density at radius 1 is 1.23 bits per heavy atom.